The summed E-state index contributed by atoms with van der Waals surface area (Å²) in [4.78, 5) is 12.1. The van der Waals surface area contributed by atoms with Crippen LogP contribution < -0.4 is 10.1 Å². The Morgan fingerprint density at radius 1 is 1.10 bits per heavy atom. The SMILES string of the molecule is COc1ccc([C@H](C)NC(=O)c2ccc(Br)cc2)cc1. The topological polar surface area (TPSA) is 38.3 Å². The highest BCUT2D eigenvalue weighted by molar-refractivity contribution is 9.10. The Kier molecular flexibility index (Phi) is 4.79. The predicted octanol–water partition coefficient (Wildman–Crippen LogP) is 3.95. The molecule has 0 fully saturated rings. The number of carbonyl (C=O) groups is 1. The van der Waals surface area contributed by atoms with Gasteiger partial charge in [0, 0.05) is 10.0 Å². The molecular weight excluding hydrogens is 318 g/mol. The third-order valence-electron chi connectivity index (χ3n) is 3.07. The molecule has 2 aromatic rings. The third kappa shape index (κ3) is 3.61. The first-order chi connectivity index (χ1) is 9.60. The Balaban J connectivity index is 2.04. The average Bonchev–Trinajstić information content (AvgIpc) is 2.48. The first-order valence-electron chi connectivity index (χ1n) is 6.30. The Morgan fingerprint density at radius 2 is 1.70 bits per heavy atom. The Labute approximate surface area is 127 Å². The van der Waals surface area contributed by atoms with Crippen LogP contribution in [0.25, 0.3) is 0 Å². The van der Waals surface area contributed by atoms with Gasteiger partial charge in [-0.3, -0.25) is 4.79 Å². The third-order valence-corrected chi connectivity index (χ3v) is 3.60. The van der Waals surface area contributed by atoms with Crippen LogP contribution in [0.2, 0.25) is 0 Å². The van der Waals surface area contributed by atoms with E-state index in [1.54, 1.807) is 19.2 Å². The van der Waals surface area contributed by atoms with Crippen LogP contribution in [0.1, 0.15) is 28.9 Å². The molecule has 0 aliphatic rings. The van der Waals surface area contributed by atoms with Crippen LogP contribution in [0.15, 0.2) is 53.0 Å². The van der Waals surface area contributed by atoms with Crippen molar-refractivity contribution < 1.29 is 9.53 Å². The monoisotopic (exact) mass is 333 g/mol. The number of hydrogen-bond acceptors (Lipinski definition) is 2. The molecule has 104 valence electrons. The van der Waals surface area contributed by atoms with Crippen molar-refractivity contribution in [3.63, 3.8) is 0 Å². The molecule has 0 spiro atoms. The van der Waals surface area contributed by atoms with Crippen molar-refractivity contribution in [2.45, 2.75) is 13.0 Å². The van der Waals surface area contributed by atoms with Gasteiger partial charge in [-0.2, -0.15) is 0 Å². The summed E-state index contributed by atoms with van der Waals surface area (Å²) in [5.41, 5.74) is 1.69. The summed E-state index contributed by atoms with van der Waals surface area (Å²) in [5.74, 6) is 0.723. The van der Waals surface area contributed by atoms with Gasteiger partial charge in [0.2, 0.25) is 0 Å². The largest absolute Gasteiger partial charge is 0.497 e. The van der Waals surface area contributed by atoms with Gasteiger partial charge in [0.05, 0.1) is 13.2 Å². The number of methoxy groups -OCH3 is 1. The number of halogens is 1. The molecule has 3 nitrogen and oxygen atoms in total. The van der Waals surface area contributed by atoms with Gasteiger partial charge in [-0.15, -0.1) is 0 Å². The van der Waals surface area contributed by atoms with Crippen molar-refractivity contribution >= 4 is 21.8 Å². The maximum Gasteiger partial charge on any atom is 0.251 e. The second kappa shape index (κ2) is 6.57. The lowest BCUT2D eigenvalue weighted by molar-refractivity contribution is 0.0940. The van der Waals surface area contributed by atoms with E-state index in [9.17, 15) is 4.79 Å². The average molecular weight is 334 g/mol. The highest BCUT2D eigenvalue weighted by atomic mass is 79.9. The molecule has 2 aromatic carbocycles. The fraction of sp³-hybridized carbons (Fsp3) is 0.188. The number of nitrogens with one attached hydrogen (secondary N) is 1. The van der Waals surface area contributed by atoms with E-state index in [4.69, 9.17) is 4.74 Å². The minimum absolute atomic E-state index is 0.0583. The van der Waals surface area contributed by atoms with Gasteiger partial charge in [0.25, 0.3) is 5.91 Å². The van der Waals surface area contributed by atoms with E-state index in [1.165, 1.54) is 0 Å². The van der Waals surface area contributed by atoms with Crippen LogP contribution in [0, 0.1) is 0 Å². The highest BCUT2D eigenvalue weighted by Gasteiger charge is 2.11. The Hall–Kier alpha value is -1.81. The molecule has 1 amide bonds. The van der Waals surface area contributed by atoms with E-state index in [0.717, 1.165) is 15.8 Å². The molecule has 0 bridgehead atoms. The van der Waals surface area contributed by atoms with Gasteiger partial charge in [-0.05, 0) is 48.9 Å². The zero-order valence-electron chi connectivity index (χ0n) is 11.4. The molecular formula is C16H16BrNO2. The summed E-state index contributed by atoms with van der Waals surface area (Å²) >= 11 is 3.35. The van der Waals surface area contributed by atoms with Gasteiger partial charge < -0.3 is 10.1 Å². The Bertz CT molecular complexity index is 578. The normalized spacial score (nSPS) is 11.8. The number of rotatable bonds is 4. The molecule has 1 atom stereocenters. The zero-order valence-corrected chi connectivity index (χ0v) is 13.0. The highest BCUT2D eigenvalue weighted by Crippen LogP contribution is 2.18. The van der Waals surface area contributed by atoms with Gasteiger partial charge in [0.15, 0.2) is 0 Å². The van der Waals surface area contributed by atoms with Crippen molar-refractivity contribution in [1.29, 1.82) is 0 Å². The molecule has 0 aromatic heterocycles. The number of hydrogen-bond donors (Lipinski definition) is 1. The minimum atomic E-state index is -0.0826. The van der Waals surface area contributed by atoms with Crippen molar-refractivity contribution in [1.82, 2.24) is 5.32 Å². The molecule has 2 rings (SSSR count). The summed E-state index contributed by atoms with van der Waals surface area (Å²) in [6, 6.07) is 14.9. The first-order valence-corrected chi connectivity index (χ1v) is 7.10. The van der Waals surface area contributed by atoms with Crippen LogP contribution in [0.5, 0.6) is 5.75 Å². The van der Waals surface area contributed by atoms with Crippen LogP contribution in [0.3, 0.4) is 0 Å². The summed E-state index contributed by atoms with van der Waals surface area (Å²) in [6.07, 6.45) is 0. The van der Waals surface area contributed by atoms with Gasteiger partial charge in [-0.25, -0.2) is 0 Å². The van der Waals surface area contributed by atoms with Gasteiger partial charge in [-0.1, -0.05) is 28.1 Å². The van der Waals surface area contributed by atoms with Crippen LogP contribution in [-0.2, 0) is 0 Å². The molecule has 0 saturated carbocycles. The lowest BCUT2D eigenvalue weighted by Gasteiger charge is -2.15. The summed E-state index contributed by atoms with van der Waals surface area (Å²) < 4.78 is 6.07. The fourth-order valence-electron chi connectivity index (χ4n) is 1.86. The molecule has 0 saturated heterocycles. The van der Waals surface area contributed by atoms with E-state index >= 15 is 0 Å². The van der Waals surface area contributed by atoms with E-state index in [1.807, 2.05) is 43.3 Å². The molecule has 0 radical (unpaired) electrons. The Morgan fingerprint density at radius 3 is 2.25 bits per heavy atom. The lowest BCUT2D eigenvalue weighted by atomic mass is 10.1. The van der Waals surface area contributed by atoms with Crippen LogP contribution >= 0.6 is 15.9 Å². The minimum Gasteiger partial charge on any atom is -0.497 e. The number of ether oxygens (including phenoxy) is 1. The number of benzene rings is 2. The maximum atomic E-state index is 12.1. The summed E-state index contributed by atoms with van der Waals surface area (Å²) in [5, 5.41) is 2.97. The number of carbonyl (C=O) groups excluding carboxylic acids is 1. The zero-order chi connectivity index (χ0) is 14.5. The van der Waals surface area contributed by atoms with Crippen molar-refractivity contribution in [2.75, 3.05) is 7.11 Å². The van der Waals surface area contributed by atoms with E-state index in [-0.39, 0.29) is 11.9 Å². The van der Waals surface area contributed by atoms with Crippen LogP contribution in [0.4, 0.5) is 0 Å². The van der Waals surface area contributed by atoms with E-state index in [2.05, 4.69) is 21.2 Å². The molecule has 0 heterocycles. The van der Waals surface area contributed by atoms with Gasteiger partial charge >= 0.3 is 0 Å². The fourth-order valence-corrected chi connectivity index (χ4v) is 2.12. The molecule has 4 heteroatoms. The van der Waals surface area contributed by atoms with Gasteiger partial charge in [0.1, 0.15) is 5.75 Å². The lowest BCUT2D eigenvalue weighted by Crippen LogP contribution is -2.26. The number of amides is 1. The van der Waals surface area contributed by atoms with Crippen molar-refractivity contribution in [2.24, 2.45) is 0 Å². The van der Waals surface area contributed by atoms with E-state index in [0.29, 0.717) is 5.56 Å². The van der Waals surface area contributed by atoms with Crippen molar-refractivity contribution in [3.05, 3.63) is 64.1 Å². The first kappa shape index (κ1) is 14.6. The summed E-state index contributed by atoms with van der Waals surface area (Å²) in [6.45, 7) is 1.96. The molecule has 0 unspecified atom stereocenters. The molecule has 1 N–H and O–H groups in total. The molecule has 0 aliphatic heterocycles. The van der Waals surface area contributed by atoms with Crippen LogP contribution in [-0.4, -0.2) is 13.0 Å². The van der Waals surface area contributed by atoms with E-state index < -0.39 is 0 Å². The molecule has 20 heavy (non-hydrogen) atoms. The smallest absolute Gasteiger partial charge is 0.251 e. The quantitative estimate of drug-likeness (QED) is 0.919. The second-order valence-corrected chi connectivity index (χ2v) is 5.39. The second-order valence-electron chi connectivity index (χ2n) is 4.48. The summed E-state index contributed by atoms with van der Waals surface area (Å²) in [7, 11) is 1.63. The maximum absolute atomic E-state index is 12.1. The predicted molar refractivity (Wildman–Crippen MR) is 83.0 cm³/mol. The standard InChI is InChI=1S/C16H16BrNO2/c1-11(12-5-9-15(20-2)10-6-12)18-16(19)13-3-7-14(17)8-4-13/h3-11H,1-2H3,(H,18,19)/t11-/m0/s1. The van der Waals surface area contributed by atoms with Crippen molar-refractivity contribution in [3.8, 4) is 5.75 Å². The molecule has 0 aliphatic carbocycles.